The minimum atomic E-state index is -0.365. The van der Waals surface area contributed by atoms with Gasteiger partial charge in [0.15, 0.2) is 0 Å². The molecule has 0 aromatic heterocycles. The van der Waals surface area contributed by atoms with Crippen LogP contribution in [0.25, 0.3) is 0 Å². The lowest BCUT2D eigenvalue weighted by atomic mass is 10.2. The second-order valence-electron chi connectivity index (χ2n) is 3.20. The van der Waals surface area contributed by atoms with Gasteiger partial charge in [-0.05, 0) is 24.8 Å². The van der Waals surface area contributed by atoms with E-state index in [4.69, 9.17) is 0 Å². The van der Waals surface area contributed by atoms with Crippen molar-refractivity contribution in [2.45, 2.75) is 18.8 Å². The zero-order chi connectivity index (χ0) is 11.1. The average molecular weight is 240 g/mol. The molecule has 1 nitrogen and oxygen atoms in total. The van der Waals surface area contributed by atoms with Crippen LogP contribution in [0.4, 0.5) is 0 Å². The SMILES string of the molecule is CS/C(=C\C(C)O)SCc1ccccc1. The summed E-state index contributed by atoms with van der Waals surface area (Å²) in [4.78, 5) is 0. The molecule has 0 bridgehead atoms. The molecule has 0 fully saturated rings. The predicted molar refractivity (Wildman–Crippen MR) is 71.0 cm³/mol. The van der Waals surface area contributed by atoms with E-state index in [2.05, 4.69) is 12.1 Å². The highest BCUT2D eigenvalue weighted by molar-refractivity contribution is 8.21. The Kier molecular flexibility index (Phi) is 5.91. The third-order valence-corrected chi connectivity index (χ3v) is 4.09. The van der Waals surface area contributed by atoms with E-state index < -0.39 is 0 Å². The van der Waals surface area contributed by atoms with Crippen molar-refractivity contribution in [3.8, 4) is 0 Å². The summed E-state index contributed by atoms with van der Waals surface area (Å²) in [5.74, 6) is 0.959. The molecule has 0 aliphatic rings. The number of rotatable bonds is 5. The highest BCUT2D eigenvalue weighted by atomic mass is 32.2. The molecule has 0 saturated carbocycles. The van der Waals surface area contributed by atoms with Crippen LogP contribution in [0.2, 0.25) is 0 Å². The van der Waals surface area contributed by atoms with Crippen LogP contribution in [-0.2, 0) is 5.75 Å². The van der Waals surface area contributed by atoms with E-state index in [0.717, 1.165) is 5.75 Å². The van der Waals surface area contributed by atoms with E-state index in [1.54, 1.807) is 30.4 Å². The van der Waals surface area contributed by atoms with Crippen LogP contribution in [0.15, 0.2) is 40.6 Å². The molecule has 1 aromatic carbocycles. The fourth-order valence-corrected chi connectivity index (χ4v) is 2.88. The Hall–Kier alpha value is -0.380. The van der Waals surface area contributed by atoms with E-state index in [-0.39, 0.29) is 6.10 Å². The quantitative estimate of drug-likeness (QED) is 0.850. The molecular formula is C12H16OS2. The molecule has 82 valence electrons. The molecule has 1 unspecified atom stereocenters. The second kappa shape index (κ2) is 6.99. The van der Waals surface area contributed by atoms with Crippen LogP contribution in [0.5, 0.6) is 0 Å². The van der Waals surface area contributed by atoms with Crippen molar-refractivity contribution in [2.75, 3.05) is 6.26 Å². The van der Waals surface area contributed by atoms with Gasteiger partial charge in [-0.3, -0.25) is 0 Å². The molecule has 1 aromatic rings. The number of hydrogen-bond acceptors (Lipinski definition) is 3. The van der Waals surface area contributed by atoms with Crippen molar-refractivity contribution in [2.24, 2.45) is 0 Å². The molecule has 0 radical (unpaired) electrons. The maximum absolute atomic E-state index is 9.25. The molecular weight excluding hydrogens is 224 g/mol. The van der Waals surface area contributed by atoms with E-state index in [9.17, 15) is 5.11 Å². The summed E-state index contributed by atoms with van der Waals surface area (Å²) < 4.78 is 1.17. The summed E-state index contributed by atoms with van der Waals surface area (Å²) >= 11 is 3.45. The van der Waals surface area contributed by atoms with Gasteiger partial charge in [0.05, 0.1) is 6.10 Å². The van der Waals surface area contributed by atoms with Gasteiger partial charge in [-0.25, -0.2) is 0 Å². The topological polar surface area (TPSA) is 20.2 Å². The number of hydrogen-bond donors (Lipinski definition) is 1. The van der Waals surface area contributed by atoms with Gasteiger partial charge in [0.25, 0.3) is 0 Å². The number of aliphatic hydroxyl groups excluding tert-OH is 1. The van der Waals surface area contributed by atoms with Crippen LogP contribution >= 0.6 is 23.5 Å². The second-order valence-corrected chi connectivity index (χ2v) is 5.33. The summed E-state index contributed by atoms with van der Waals surface area (Å²) in [6.45, 7) is 1.78. The standard InChI is InChI=1S/C12H16OS2/c1-10(13)8-12(14-2)15-9-11-6-4-3-5-7-11/h3-8,10,13H,9H2,1-2H3/b12-8+. The first-order valence-electron chi connectivity index (χ1n) is 4.83. The van der Waals surface area contributed by atoms with Crippen molar-refractivity contribution in [1.29, 1.82) is 0 Å². The Morgan fingerprint density at radius 3 is 2.60 bits per heavy atom. The Bertz CT molecular complexity index is 307. The monoisotopic (exact) mass is 240 g/mol. The largest absolute Gasteiger partial charge is 0.389 e. The molecule has 0 aliphatic carbocycles. The van der Waals surface area contributed by atoms with Gasteiger partial charge in [0, 0.05) is 9.99 Å². The predicted octanol–water partition coefficient (Wildman–Crippen LogP) is 3.51. The molecule has 1 N–H and O–H groups in total. The van der Waals surface area contributed by atoms with Crippen LogP contribution < -0.4 is 0 Å². The molecule has 1 rings (SSSR count). The first-order chi connectivity index (χ1) is 7.22. The van der Waals surface area contributed by atoms with Gasteiger partial charge in [-0.2, -0.15) is 0 Å². The summed E-state index contributed by atoms with van der Waals surface area (Å²) in [7, 11) is 0. The number of thioether (sulfide) groups is 2. The van der Waals surface area contributed by atoms with Crippen molar-refractivity contribution in [3.63, 3.8) is 0 Å². The third-order valence-electron chi connectivity index (χ3n) is 1.80. The molecule has 0 heterocycles. The highest BCUT2D eigenvalue weighted by Crippen LogP contribution is 2.29. The summed E-state index contributed by atoms with van der Waals surface area (Å²) in [5, 5.41) is 9.25. The summed E-state index contributed by atoms with van der Waals surface area (Å²) in [6, 6.07) is 10.4. The van der Waals surface area contributed by atoms with Gasteiger partial charge in [0.1, 0.15) is 0 Å². The summed E-state index contributed by atoms with van der Waals surface area (Å²) in [5.41, 5.74) is 1.31. The lowest BCUT2D eigenvalue weighted by Gasteiger charge is -2.05. The van der Waals surface area contributed by atoms with Crippen LogP contribution in [0.1, 0.15) is 12.5 Å². The fraction of sp³-hybridized carbons (Fsp3) is 0.333. The van der Waals surface area contributed by atoms with Crippen molar-refractivity contribution < 1.29 is 5.11 Å². The summed E-state index contributed by atoms with van der Waals surface area (Å²) in [6.07, 6.45) is 3.56. The molecule has 0 aliphatic heterocycles. The van der Waals surface area contributed by atoms with Crippen LogP contribution in [-0.4, -0.2) is 17.5 Å². The average Bonchev–Trinajstić information content (AvgIpc) is 2.25. The maximum Gasteiger partial charge on any atom is 0.0711 e. The van der Waals surface area contributed by atoms with Gasteiger partial charge in [-0.15, -0.1) is 23.5 Å². The van der Waals surface area contributed by atoms with Crippen molar-refractivity contribution in [3.05, 3.63) is 46.2 Å². The Balaban J connectivity index is 2.48. The van der Waals surface area contributed by atoms with E-state index in [1.807, 2.05) is 30.5 Å². The first-order valence-corrected chi connectivity index (χ1v) is 7.04. The Morgan fingerprint density at radius 1 is 1.40 bits per heavy atom. The van der Waals surface area contributed by atoms with E-state index in [1.165, 1.54) is 9.80 Å². The molecule has 0 amide bonds. The minimum Gasteiger partial charge on any atom is -0.389 e. The van der Waals surface area contributed by atoms with Gasteiger partial charge < -0.3 is 5.11 Å². The van der Waals surface area contributed by atoms with Crippen molar-refractivity contribution >= 4 is 23.5 Å². The normalized spacial score (nSPS) is 13.9. The molecule has 0 spiro atoms. The number of aliphatic hydroxyl groups is 1. The molecule has 3 heteroatoms. The zero-order valence-corrected chi connectivity index (χ0v) is 10.6. The van der Waals surface area contributed by atoms with Crippen molar-refractivity contribution in [1.82, 2.24) is 0 Å². The Labute approximate surface area is 100.0 Å². The molecule has 15 heavy (non-hydrogen) atoms. The van der Waals surface area contributed by atoms with Gasteiger partial charge in [0.2, 0.25) is 0 Å². The Morgan fingerprint density at radius 2 is 2.07 bits per heavy atom. The molecule has 1 atom stereocenters. The van der Waals surface area contributed by atoms with E-state index >= 15 is 0 Å². The van der Waals surface area contributed by atoms with Crippen LogP contribution in [0.3, 0.4) is 0 Å². The fourth-order valence-electron chi connectivity index (χ4n) is 1.10. The van der Waals surface area contributed by atoms with Gasteiger partial charge in [-0.1, -0.05) is 30.3 Å². The number of benzene rings is 1. The lowest BCUT2D eigenvalue weighted by molar-refractivity contribution is 0.244. The highest BCUT2D eigenvalue weighted by Gasteiger charge is 1.99. The van der Waals surface area contributed by atoms with Gasteiger partial charge >= 0.3 is 0 Å². The third kappa shape index (κ3) is 5.30. The first kappa shape index (κ1) is 12.7. The lowest BCUT2D eigenvalue weighted by Crippen LogP contribution is -1.93. The van der Waals surface area contributed by atoms with Crippen LogP contribution in [0, 0.1) is 0 Å². The minimum absolute atomic E-state index is 0.365. The zero-order valence-electron chi connectivity index (χ0n) is 9.01. The molecule has 0 saturated heterocycles. The van der Waals surface area contributed by atoms with E-state index in [0.29, 0.717) is 0 Å². The smallest absolute Gasteiger partial charge is 0.0711 e. The maximum atomic E-state index is 9.25.